The lowest BCUT2D eigenvalue weighted by atomic mass is 9.96. The summed E-state index contributed by atoms with van der Waals surface area (Å²) in [4.78, 5) is 26.7. The molecule has 1 saturated carbocycles. The number of carbonyl (C=O) groups excluding carboxylic acids is 2. The lowest BCUT2D eigenvalue weighted by Gasteiger charge is -2.27. The summed E-state index contributed by atoms with van der Waals surface area (Å²) in [6, 6.07) is 1.91. The number of likely N-dealkylation sites (N-methyl/N-ethyl adjacent to an activating group) is 1. The second-order valence-corrected chi connectivity index (χ2v) is 7.85. The van der Waals surface area contributed by atoms with Crippen molar-refractivity contribution in [2.24, 2.45) is 7.05 Å². The molecule has 0 aromatic carbocycles. The third-order valence-electron chi connectivity index (χ3n) is 4.78. The van der Waals surface area contributed by atoms with Crippen LogP contribution in [-0.2, 0) is 11.8 Å². The number of nitrogens with zero attached hydrogens (tertiary/aromatic N) is 2. The molecule has 130 valence electrons. The Balaban J connectivity index is 1.91. The van der Waals surface area contributed by atoms with Gasteiger partial charge < -0.3 is 10.6 Å². The van der Waals surface area contributed by atoms with E-state index >= 15 is 0 Å². The van der Waals surface area contributed by atoms with Crippen molar-refractivity contribution in [1.82, 2.24) is 20.4 Å². The van der Waals surface area contributed by atoms with Crippen molar-refractivity contribution in [2.45, 2.75) is 51.0 Å². The van der Waals surface area contributed by atoms with Gasteiger partial charge in [0.05, 0.1) is 10.6 Å². The van der Waals surface area contributed by atoms with Gasteiger partial charge in [-0.15, -0.1) is 11.3 Å². The quantitative estimate of drug-likeness (QED) is 0.891. The first-order valence-corrected chi connectivity index (χ1v) is 9.21. The van der Waals surface area contributed by atoms with Crippen LogP contribution in [0.25, 0.3) is 10.2 Å². The molecule has 0 radical (unpaired) electrons. The van der Waals surface area contributed by atoms with Crippen molar-refractivity contribution in [3.63, 3.8) is 0 Å². The van der Waals surface area contributed by atoms with E-state index in [2.05, 4.69) is 29.6 Å². The van der Waals surface area contributed by atoms with Crippen LogP contribution in [0.3, 0.4) is 0 Å². The first-order valence-electron chi connectivity index (χ1n) is 8.39. The third-order valence-corrected chi connectivity index (χ3v) is 5.98. The summed E-state index contributed by atoms with van der Waals surface area (Å²) in [6.45, 7) is 4.19. The van der Waals surface area contributed by atoms with Gasteiger partial charge in [0.15, 0.2) is 0 Å². The van der Waals surface area contributed by atoms with Gasteiger partial charge in [0.2, 0.25) is 5.91 Å². The van der Waals surface area contributed by atoms with Crippen LogP contribution in [0.1, 0.15) is 60.8 Å². The zero-order valence-corrected chi connectivity index (χ0v) is 15.4. The van der Waals surface area contributed by atoms with E-state index in [4.69, 9.17) is 0 Å². The van der Waals surface area contributed by atoms with Gasteiger partial charge in [-0.1, -0.05) is 26.7 Å². The average Bonchev–Trinajstić information content (AvgIpc) is 3.23. The van der Waals surface area contributed by atoms with Crippen LogP contribution in [0, 0.1) is 0 Å². The molecule has 1 aliphatic rings. The van der Waals surface area contributed by atoms with Gasteiger partial charge >= 0.3 is 0 Å². The molecule has 0 saturated heterocycles. The molecule has 0 aliphatic heterocycles. The maximum atomic E-state index is 12.8. The number of thiophene rings is 1. The van der Waals surface area contributed by atoms with Gasteiger partial charge in [0.25, 0.3) is 5.91 Å². The third kappa shape index (κ3) is 2.70. The number of aryl methyl sites for hydroxylation is 1. The predicted molar refractivity (Wildman–Crippen MR) is 95.4 cm³/mol. The minimum absolute atomic E-state index is 0.0982. The van der Waals surface area contributed by atoms with Crippen LogP contribution < -0.4 is 10.6 Å². The Morgan fingerprint density at radius 1 is 1.33 bits per heavy atom. The number of hydrogen-bond donors (Lipinski definition) is 2. The second-order valence-electron chi connectivity index (χ2n) is 6.82. The standard InChI is InChI=1S/C17H24N4O2S/c1-10(2)13-11-9-12(24-15(11)21(4)20-13)14(22)19-17(16(23)18-3)7-5-6-8-17/h9-10H,5-8H2,1-4H3,(H,18,23)(H,19,22). The zero-order valence-electron chi connectivity index (χ0n) is 14.6. The Kier molecular flexibility index (Phi) is 4.38. The lowest BCUT2D eigenvalue weighted by molar-refractivity contribution is -0.126. The zero-order chi connectivity index (χ0) is 17.5. The maximum absolute atomic E-state index is 12.8. The summed E-state index contributed by atoms with van der Waals surface area (Å²) in [7, 11) is 3.52. The minimum Gasteiger partial charge on any atom is -0.357 e. The van der Waals surface area contributed by atoms with E-state index in [-0.39, 0.29) is 11.8 Å². The van der Waals surface area contributed by atoms with Crippen molar-refractivity contribution < 1.29 is 9.59 Å². The molecule has 2 aromatic rings. The molecule has 2 N–H and O–H groups in total. The summed E-state index contributed by atoms with van der Waals surface area (Å²) in [5.74, 6) is 0.0293. The topological polar surface area (TPSA) is 76.0 Å². The van der Waals surface area contributed by atoms with E-state index in [9.17, 15) is 9.59 Å². The molecule has 2 heterocycles. The van der Waals surface area contributed by atoms with Crippen molar-refractivity contribution in [3.05, 3.63) is 16.6 Å². The van der Waals surface area contributed by atoms with E-state index in [0.29, 0.717) is 23.6 Å². The summed E-state index contributed by atoms with van der Waals surface area (Å²) in [6.07, 6.45) is 3.31. The molecule has 0 unspecified atom stereocenters. The normalized spacial score (nSPS) is 16.7. The minimum atomic E-state index is -0.763. The highest BCUT2D eigenvalue weighted by Gasteiger charge is 2.42. The highest BCUT2D eigenvalue weighted by atomic mass is 32.1. The fourth-order valence-electron chi connectivity index (χ4n) is 3.51. The molecular formula is C17H24N4O2S. The molecule has 24 heavy (non-hydrogen) atoms. The maximum Gasteiger partial charge on any atom is 0.262 e. The fourth-order valence-corrected chi connectivity index (χ4v) is 4.49. The van der Waals surface area contributed by atoms with E-state index < -0.39 is 5.54 Å². The van der Waals surface area contributed by atoms with Gasteiger partial charge in [0.1, 0.15) is 10.4 Å². The molecule has 0 spiro atoms. The lowest BCUT2D eigenvalue weighted by Crippen LogP contribution is -2.56. The van der Waals surface area contributed by atoms with E-state index in [1.165, 1.54) is 11.3 Å². The number of rotatable bonds is 4. The van der Waals surface area contributed by atoms with Crippen LogP contribution in [0.15, 0.2) is 6.07 Å². The van der Waals surface area contributed by atoms with E-state index in [1.54, 1.807) is 7.05 Å². The first-order chi connectivity index (χ1) is 11.4. The van der Waals surface area contributed by atoms with Crippen LogP contribution >= 0.6 is 11.3 Å². The summed E-state index contributed by atoms with van der Waals surface area (Å²) < 4.78 is 1.83. The largest absolute Gasteiger partial charge is 0.357 e. The van der Waals surface area contributed by atoms with Crippen LogP contribution in [0.5, 0.6) is 0 Å². The van der Waals surface area contributed by atoms with Crippen molar-refractivity contribution in [1.29, 1.82) is 0 Å². The number of carbonyl (C=O) groups is 2. The Morgan fingerprint density at radius 3 is 2.58 bits per heavy atom. The van der Waals surface area contributed by atoms with E-state index in [1.807, 2.05) is 17.8 Å². The molecular weight excluding hydrogens is 324 g/mol. The second kappa shape index (κ2) is 6.20. The number of fused-ring (bicyclic) bond motifs is 1. The predicted octanol–water partition coefficient (Wildman–Crippen LogP) is 2.55. The molecule has 1 fully saturated rings. The Bertz CT molecular complexity index is 784. The van der Waals surface area contributed by atoms with Gasteiger partial charge in [-0.3, -0.25) is 14.3 Å². The van der Waals surface area contributed by atoms with E-state index in [0.717, 1.165) is 28.8 Å². The van der Waals surface area contributed by atoms with Crippen molar-refractivity contribution in [3.8, 4) is 0 Å². The molecule has 6 nitrogen and oxygen atoms in total. The van der Waals surface area contributed by atoms with Crippen molar-refractivity contribution >= 4 is 33.4 Å². The highest BCUT2D eigenvalue weighted by molar-refractivity contribution is 7.20. The summed E-state index contributed by atoms with van der Waals surface area (Å²) >= 11 is 1.43. The molecule has 0 atom stereocenters. The molecule has 0 bridgehead atoms. The molecule has 3 rings (SSSR count). The molecule has 2 amide bonds. The average molecular weight is 348 g/mol. The SMILES string of the molecule is CNC(=O)C1(NC(=O)c2cc3c(C(C)C)nn(C)c3s2)CCCC1. The molecule has 7 heteroatoms. The van der Waals surface area contributed by atoms with Gasteiger partial charge in [0, 0.05) is 19.5 Å². The van der Waals surface area contributed by atoms with Gasteiger partial charge in [-0.2, -0.15) is 5.10 Å². The number of nitrogens with one attached hydrogen (secondary N) is 2. The first kappa shape index (κ1) is 17.0. The van der Waals surface area contributed by atoms with Gasteiger partial charge in [-0.05, 0) is 24.8 Å². The fraction of sp³-hybridized carbons (Fsp3) is 0.588. The van der Waals surface area contributed by atoms with Gasteiger partial charge in [-0.25, -0.2) is 0 Å². The monoisotopic (exact) mass is 348 g/mol. The molecule has 1 aliphatic carbocycles. The Hall–Kier alpha value is -1.89. The smallest absolute Gasteiger partial charge is 0.262 e. The number of hydrogen-bond acceptors (Lipinski definition) is 4. The Morgan fingerprint density at radius 2 is 2.00 bits per heavy atom. The van der Waals surface area contributed by atoms with Crippen LogP contribution in [0.4, 0.5) is 0 Å². The van der Waals surface area contributed by atoms with Crippen LogP contribution in [0.2, 0.25) is 0 Å². The molecule has 2 aromatic heterocycles. The van der Waals surface area contributed by atoms with Crippen LogP contribution in [-0.4, -0.2) is 34.2 Å². The highest BCUT2D eigenvalue weighted by Crippen LogP contribution is 2.34. The number of aromatic nitrogens is 2. The van der Waals surface area contributed by atoms with Crippen molar-refractivity contribution in [2.75, 3.05) is 7.05 Å². The Labute approximate surface area is 145 Å². The summed E-state index contributed by atoms with van der Waals surface area (Å²) in [5.41, 5.74) is 0.242. The number of amides is 2. The summed E-state index contributed by atoms with van der Waals surface area (Å²) in [5, 5.41) is 11.3.